The van der Waals surface area contributed by atoms with Gasteiger partial charge in [-0.2, -0.15) is 4.31 Å². The smallest absolute Gasteiger partial charge is 0.338 e. The van der Waals surface area contributed by atoms with Crippen LogP contribution in [0.2, 0.25) is 0 Å². The van der Waals surface area contributed by atoms with Crippen LogP contribution in [0, 0.1) is 0 Å². The average molecular weight is 533 g/mol. The summed E-state index contributed by atoms with van der Waals surface area (Å²) in [5.74, 6) is -2.02. The molecule has 0 aromatic heterocycles. The molecule has 3 aromatic carbocycles. The number of nitrogens with zero attached hydrogens (tertiary/aromatic N) is 1. The van der Waals surface area contributed by atoms with E-state index < -0.39 is 28.0 Å². The number of ether oxygens (including phenoxy) is 1. The lowest BCUT2D eigenvalue weighted by Gasteiger charge is -2.19. The molecule has 1 heterocycles. The van der Waals surface area contributed by atoms with Gasteiger partial charge < -0.3 is 10.1 Å². The highest BCUT2D eigenvalue weighted by molar-refractivity contribution is 7.89. The first-order chi connectivity index (χ1) is 18.2. The first-order valence-electron chi connectivity index (χ1n) is 12.1. The molecule has 0 unspecified atom stereocenters. The molecule has 1 aliphatic heterocycles. The van der Waals surface area contributed by atoms with Gasteiger partial charge in [0.25, 0.3) is 5.91 Å². The van der Waals surface area contributed by atoms with E-state index in [2.05, 4.69) is 5.32 Å². The van der Waals surface area contributed by atoms with E-state index in [1.54, 1.807) is 24.3 Å². The van der Waals surface area contributed by atoms with Gasteiger partial charge in [0.1, 0.15) is 0 Å². The van der Waals surface area contributed by atoms with Gasteiger partial charge in [0.2, 0.25) is 10.0 Å². The van der Waals surface area contributed by atoms with E-state index in [4.69, 9.17) is 4.74 Å². The van der Waals surface area contributed by atoms with Gasteiger partial charge in [-0.25, -0.2) is 13.2 Å². The number of amides is 1. The molecule has 1 aliphatic carbocycles. The third-order valence-electron chi connectivity index (χ3n) is 6.64. The third-order valence-corrected chi connectivity index (χ3v) is 8.55. The van der Waals surface area contributed by atoms with Gasteiger partial charge >= 0.3 is 5.97 Å². The number of ketones is 2. The molecule has 0 radical (unpaired) electrons. The lowest BCUT2D eigenvalue weighted by molar-refractivity contribution is -0.123. The molecule has 10 heteroatoms. The van der Waals surface area contributed by atoms with E-state index in [1.807, 2.05) is 0 Å². The van der Waals surface area contributed by atoms with E-state index in [0.29, 0.717) is 24.2 Å². The molecular weight excluding hydrogens is 508 g/mol. The Labute approximate surface area is 219 Å². The maximum atomic E-state index is 12.9. The van der Waals surface area contributed by atoms with Crippen LogP contribution in [0.25, 0.3) is 0 Å². The van der Waals surface area contributed by atoms with Crippen molar-refractivity contribution in [3.63, 3.8) is 0 Å². The van der Waals surface area contributed by atoms with Gasteiger partial charge in [-0.3, -0.25) is 14.4 Å². The summed E-state index contributed by atoms with van der Waals surface area (Å²) in [6.45, 7) is 2.34. The monoisotopic (exact) mass is 532 g/mol. The number of hydrogen-bond donors (Lipinski definition) is 1. The van der Waals surface area contributed by atoms with Gasteiger partial charge in [-0.1, -0.05) is 24.3 Å². The Morgan fingerprint density at radius 1 is 0.842 bits per heavy atom. The highest BCUT2D eigenvalue weighted by Gasteiger charge is 2.30. The molecule has 2 aliphatic rings. The zero-order chi connectivity index (χ0) is 27.0. The summed E-state index contributed by atoms with van der Waals surface area (Å²) in [7, 11) is -3.61. The number of rotatable bonds is 6. The summed E-state index contributed by atoms with van der Waals surface area (Å²) < 4.78 is 32.0. The molecule has 0 saturated carbocycles. The van der Waals surface area contributed by atoms with Crippen LogP contribution in [-0.2, 0) is 19.6 Å². The van der Waals surface area contributed by atoms with Crippen LogP contribution in [0.3, 0.4) is 0 Å². The Balaban J connectivity index is 1.24. The van der Waals surface area contributed by atoms with Crippen LogP contribution in [0.1, 0.15) is 62.0 Å². The largest absolute Gasteiger partial charge is 0.449 e. The summed E-state index contributed by atoms with van der Waals surface area (Å²) in [6.07, 6.45) is 0.444. The Kier molecular flexibility index (Phi) is 6.68. The van der Waals surface area contributed by atoms with Crippen molar-refractivity contribution in [1.82, 2.24) is 4.31 Å². The molecule has 38 heavy (non-hydrogen) atoms. The number of nitrogens with one attached hydrogen (secondary N) is 1. The summed E-state index contributed by atoms with van der Waals surface area (Å²) in [4.78, 5) is 51.0. The molecule has 1 fully saturated rings. The second-order valence-electron chi connectivity index (χ2n) is 9.14. The molecule has 9 nitrogen and oxygen atoms in total. The summed E-state index contributed by atoms with van der Waals surface area (Å²) in [5, 5.41) is 2.60. The normalized spacial score (nSPS) is 15.9. The molecule has 0 spiro atoms. The molecule has 1 atom stereocenters. The number of fused-ring (bicyclic) bond motifs is 2. The van der Waals surface area contributed by atoms with E-state index in [0.717, 1.165) is 12.8 Å². The molecule has 194 valence electrons. The van der Waals surface area contributed by atoms with E-state index in [9.17, 15) is 27.6 Å². The fourth-order valence-electron chi connectivity index (χ4n) is 4.54. The fourth-order valence-corrected chi connectivity index (χ4v) is 6.06. The Hall–Kier alpha value is -4.15. The van der Waals surface area contributed by atoms with Crippen molar-refractivity contribution in [3.05, 3.63) is 94.5 Å². The van der Waals surface area contributed by atoms with Crippen LogP contribution in [0.15, 0.2) is 71.6 Å². The molecule has 0 bridgehead atoms. The van der Waals surface area contributed by atoms with Gasteiger partial charge in [0, 0.05) is 41.0 Å². The minimum absolute atomic E-state index is 0.0878. The maximum absolute atomic E-state index is 12.9. The first-order valence-corrected chi connectivity index (χ1v) is 13.6. The van der Waals surface area contributed by atoms with Gasteiger partial charge in [0.15, 0.2) is 17.7 Å². The molecule has 1 amide bonds. The molecule has 5 rings (SSSR count). The van der Waals surface area contributed by atoms with Crippen molar-refractivity contribution in [2.24, 2.45) is 0 Å². The molecule has 3 aromatic rings. The van der Waals surface area contributed by atoms with Crippen LogP contribution in [-0.4, -0.2) is 55.4 Å². The third kappa shape index (κ3) is 4.64. The topological polar surface area (TPSA) is 127 Å². The zero-order valence-electron chi connectivity index (χ0n) is 20.5. The lowest BCUT2D eigenvalue weighted by atomic mass is 9.84. The maximum Gasteiger partial charge on any atom is 0.338 e. The lowest BCUT2D eigenvalue weighted by Crippen LogP contribution is -2.30. The van der Waals surface area contributed by atoms with E-state index in [-0.39, 0.29) is 38.8 Å². The summed E-state index contributed by atoms with van der Waals surface area (Å²) in [5.41, 5.74) is 1.44. The zero-order valence-corrected chi connectivity index (χ0v) is 21.3. The van der Waals surface area contributed by atoms with Crippen molar-refractivity contribution >= 4 is 39.2 Å². The number of esters is 1. The molecule has 1 saturated heterocycles. The van der Waals surface area contributed by atoms with Gasteiger partial charge in [0.05, 0.1) is 10.5 Å². The quantitative estimate of drug-likeness (QED) is 0.377. The Morgan fingerprint density at radius 2 is 1.42 bits per heavy atom. The van der Waals surface area contributed by atoms with E-state index in [1.165, 1.54) is 53.7 Å². The minimum atomic E-state index is -3.61. The van der Waals surface area contributed by atoms with Crippen LogP contribution < -0.4 is 5.32 Å². The predicted molar refractivity (Wildman–Crippen MR) is 138 cm³/mol. The fraction of sp³-hybridized carbons (Fsp3) is 0.214. The standard InChI is InChI=1S/C28H24N2O7S/c1-17(37-28(34)18-8-11-20(12-9-18)38(35,36)30-14-4-5-15-30)27(33)29-19-10-13-23-24(16-19)26(32)22-7-3-2-6-21(22)25(23)31/h2-3,6-13,16-17H,4-5,14-15H2,1H3,(H,29,33)/t17-/m0/s1. The number of hydrogen-bond acceptors (Lipinski definition) is 7. The minimum Gasteiger partial charge on any atom is -0.449 e. The SMILES string of the molecule is C[C@H](OC(=O)c1ccc(S(=O)(=O)N2CCCC2)cc1)C(=O)Nc1ccc2c(c1)C(=O)c1ccccc1C2=O. The van der Waals surface area contributed by atoms with Gasteiger partial charge in [-0.15, -0.1) is 0 Å². The number of benzene rings is 3. The number of sulfonamides is 1. The predicted octanol–water partition coefficient (Wildman–Crippen LogP) is 3.43. The highest BCUT2D eigenvalue weighted by atomic mass is 32.2. The van der Waals surface area contributed by atoms with Crippen LogP contribution >= 0.6 is 0 Å². The van der Waals surface area contributed by atoms with Gasteiger partial charge in [-0.05, 0) is 62.2 Å². The van der Waals surface area contributed by atoms with Crippen molar-refractivity contribution < 1.29 is 32.3 Å². The molecular formula is C28H24N2O7S. The second kappa shape index (κ2) is 9.96. The first kappa shape index (κ1) is 25.5. The van der Waals surface area contributed by atoms with Crippen LogP contribution in [0.4, 0.5) is 5.69 Å². The van der Waals surface area contributed by atoms with Crippen LogP contribution in [0.5, 0.6) is 0 Å². The number of carbonyl (C=O) groups excluding carboxylic acids is 4. The average Bonchev–Trinajstić information content (AvgIpc) is 3.48. The van der Waals surface area contributed by atoms with Crippen molar-refractivity contribution in [2.75, 3.05) is 18.4 Å². The van der Waals surface area contributed by atoms with Crippen molar-refractivity contribution in [3.8, 4) is 0 Å². The number of carbonyl (C=O) groups is 4. The van der Waals surface area contributed by atoms with E-state index >= 15 is 0 Å². The highest BCUT2D eigenvalue weighted by Crippen LogP contribution is 2.29. The van der Waals surface area contributed by atoms with Crippen molar-refractivity contribution in [2.45, 2.75) is 30.8 Å². The second-order valence-corrected chi connectivity index (χ2v) is 11.1. The summed E-state index contributed by atoms with van der Waals surface area (Å²) in [6, 6.07) is 16.4. The number of anilines is 1. The molecule has 1 N–H and O–H groups in total. The summed E-state index contributed by atoms with van der Waals surface area (Å²) >= 11 is 0. The Morgan fingerprint density at radius 3 is 2.05 bits per heavy atom. The Bertz CT molecular complexity index is 1570. The van der Waals surface area contributed by atoms with Crippen molar-refractivity contribution in [1.29, 1.82) is 0 Å².